The number of hydrogen-bond acceptors (Lipinski definition) is 3. The first kappa shape index (κ1) is 23.3. The summed E-state index contributed by atoms with van der Waals surface area (Å²) in [6, 6.07) is 0.980. The van der Waals surface area contributed by atoms with Crippen molar-refractivity contribution in [3.8, 4) is 11.3 Å². The third kappa shape index (κ3) is 4.33. The maximum absolute atomic E-state index is 13.8. The molecule has 1 amide bonds. The van der Waals surface area contributed by atoms with Crippen LogP contribution in [0.1, 0.15) is 21.5 Å². The third-order valence-corrected chi connectivity index (χ3v) is 4.66. The highest BCUT2D eigenvalue weighted by Gasteiger charge is 2.44. The van der Waals surface area contributed by atoms with Gasteiger partial charge in [0.2, 0.25) is 0 Å². The molecule has 0 aliphatic carbocycles. The molecule has 3 rings (SSSR count). The van der Waals surface area contributed by atoms with Crippen LogP contribution in [0, 0.1) is 12.7 Å². The second kappa shape index (κ2) is 7.97. The fraction of sp³-hybridized carbons (Fsp3) is 0.263. The molecule has 32 heavy (non-hydrogen) atoms. The Bertz CT molecular complexity index is 1240. The summed E-state index contributed by atoms with van der Waals surface area (Å²) in [6.07, 6.45) is -8.89. The van der Waals surface area contributed by atoms with E-state index < -0.39 is 58.9 Å². The van der Waals surface area contributed by atoms with E-state index >= 15 is 0 Å². The number of carbonyl (C=O) groups is 1. The summed E-state index contributed by atoms with van der Waals surface area (Å²) in [6.45, 7) is -0.133. The fourth-order valence-electron chi connectivity index (χ4n) is 3.04. The lowest BCUT2D eigenvalue weighted by Crippen LogP contribution is -2.48. The molecule has 0 saturated carbocycles. The van der Waals surface area contributed by atoms with E-state index in [-0.39, 0.29) is 16.8 Å². The van der Waals surface area contributed by atoms with E-state index in [1.807, 2.05) is 0 Å². The van der Waals surface area contributed by atoms with E-state index in [0.717, 1.165) is 12.3 Å². The Morgan fingerprint density at radius 3 is 2.38 bits per heavy atom. The van der Waals surface area contributed by atoms with Crippen molar-refractivity contribution in [2.45, 2.75) is 25.3 Å². The van der Waals surface area contributed by atoms with Gasteiger partial charge in [-0.15, -0.1) is 0 Å². The minimum absolute atomic E-state index is 0.0967. The number of nitrogens with one attached hydrogen (secondary N) is 2. The summed E-state index contributed by atoms with van der Waals surface area (Å²) in [5, 5.41) is 10.1. The minimum Gasteiger partial charge on any atom is -0.394 e. The first-order chi connectivity index (χ1) is 14.7. The Labute approximate surface area is 174 Å². The van der Waals surface area contributed by atoms with Gasteiger partial charge in [-0.05, 0) is 18.6 Å². The molecule has 6 nitrogen and oxygen atoms in total. The molecule has 3 aromatic rings. The van der Waals surface area contributed by atoms with Crippen LogP contribution < -0.4 is 10.9 Å². The van der Waals surface area contributed by atoms with E-state index in [4.69, 9.17) is 5.11 Å². The second-order valence-corrected chi connectivity index (χ2v) is 6.88. The van der Waals surface area contributed by atoms with Crippen LogP contribution in [-0.2, 0) is 6.18 Å². The zero-order chi connectivity index (χ0) is 24.0. The number of halogens is 7. The van der Waals surface area contributed by atoms with E-state index in [1.54, 1.807) is 0 Å². The molecule has 0 saturated heterocycles. The van der Waals surface area contributed by atoms with Crippen molar-refractivity contribution in [2.75, 3.05) is 6.61 Å². The van der Waals surface area contributed by atoms with Gasteiger partial charge in [-0.25, -0.2) is 4.39 Å². The molecular formula is C19H14F7N3O3. The largest absolute Gasteiger partial charge is 0.419 e. The lowest BCUT2D eigenvalue weighted by Gasteiger charge is -2.19. The summed E-state index contributed by atoms with van der Waals surface area (Å²) in [4.78, 5) is 26.9. The molecule has 172 valence electrons. The van der Waals surface area contributed by atoms with Gasteiger partial charge in [0.1, 0.15) is 17.4 Å². The van der Waals surface area contributed by atoms with Crippen LogP contribution in [0.3, 0.4) is 0 Å². The van der Waals surface area contributed by atoms with Crippen LogP contribution in [0.15, 0.2) is 35.4 Å². The number of rotatable bonds is 4. The number of carbonyl (C=O) groups excluding carboxylic acids is 1. The van der Waals surface area contributed by atoms with Crippen LogP contribution >= 0.6 is 0 Å². The van der Waals surface area contributed by atoms with Crippen molar-refractivity contribution < 1.29 is 40.6 Å². The zero-order valence-corrected chi connectivity index (χ0v) is 16.0. The number of alkyl halides is 6. The predicted molar refractivity (Wildman–Crippen MR) is 97.5 cm³/mol. The van der Waals surface area contributed by atoms with Crippen LogP contribution in [0.5, 0.6) is 0 Å². The number of aliphatic hydroxyl groups excluding tert-OH is 1. The maximum atomic E-state index is 13.8. The minimum atomic E-state index is -5.28. The number of aromatic nitrogens is 2. The first-order valence-corrected chi connectivity index (χ1v) is 8.84. The number of nitrogens with zero attached hydrogens (tertiary/aromatic N) is 1. The van der Waals surface area contributed by atoms with Crippen LogP contribution in [0.4, 0.5) is 30.7 Å². The Morgan fingerprint density at radius 2 is 1.84 bits per heavy atom. The van der Waals surface area contributed by atoms with Crippen molar-refractivity contribution >= 4 is 11.4 Å². The monoisotopic (exact) mass is 465 g/mol. The van der Waals surface area contributed by atoms with Gasteiger partial charge < -0.3 is 19.8 Å². The van der Waals surface area contributed by atoms with Crippen molar-refractivity contribution in [1.82, 2.24) is 14.7 Å². The molecule has 0 fully saturated rings. The molecular weight excluding hydrogens is 451 g/mol. The van der Waals surface area contributed by atoms with E-state index in [9.17, 15) is 40.3 Å². The Balaban J connectivity index is 2.19. The van der Waals surface area contributed by atoms with E-state index in [0.29, 0.717) is 10.6 Å². The quantitative estimate of drug-likeness (QED) is 0.517. The van der Waals surface area contributed by atoms with Gasteiger partial charge in [0.15, 0.2) is 0 Å². The highest BCUT2D eigenvalue weighted by molar-refractivity contribution is 5.98. The Hall–Kier alpha value is -3.35. The highest BCUT2D eigenvalue weighted by atomic mass is 19.4. The number of benzene rings is 1. The van der Waals surface area contributed by atoms with Crippen LogP contribution in [0.2, 0.25) is 0 Å². The second-order valence-electron chi connectivity index (χ2n) is 6.88. The number of aromatic amines is 1. The molecule has 1 atom stereocenters. The number of hydrogen-bond donors (Lipinski definition) is 3. The van der Waals surface area contributed by atoms with Gasteiger partial charge in [0.25, 0.3) is 11.5 Å². The van der Waals surface area contributed by atoms with Gasteiger partial charge >= 0.3 is 12.4 Å². The standard InChI is InChI=1S/C19H14F7N3O3/c1-8-2-3-9(4-11(8)20)12-6-29-5-10(16(31)28-13(7-30)18(21,22)23)14(19(24,25)26)15(29)17(32)27-12/h2-6,13,30H,7H2,1H3,(H,27,32)(H,28,31). The summed E-state index contributed by atoms with van der Waals surface area (Å²) >= 11 is 0. The predicted octanol–water partition coefficient (Wildman–Crippen LogP) is 3.41. The van der Waals surface area contributed by atoms with E-state index in [1.165, 1.54) is 24.4 Å². The van der Waals surface area contributed by atoms with Gasteiger partial charge in [-0.1, -0.05) is 12.1 Å². The van der Waals surface area contributed by atoms with Crippen molar-refractivity contribution in [2.24, 2.45) is 0 Å². The molecule has 0 aliphatic rings. The average molecular weight is 465 g/mol. The number of aliphatic hydroxyl groups is 1. The molecule has 1 unspecified atom stereocenters. The van der Waals surface area contributed by atoms with Crippen LogP contribution in [-0.4, -0.2) is 39.2 Å². The Kier molecular flexibility index (Phi) is 5.80. The molecule has 3 N–H and O–H groups in total. The van der Waals surface area contributed by atoms with Crippen molar-refractivity contribution in [3.05, 3.63) is 63.5 Å². The number of aryl methyl sites for hydroxylation is 1. The van der Waals surface area contributed by atoms with E-state index in [2.05, 4.69) is 4.98 Å². The van der Waals surface area contributed by atoms with Gasteiger partial charge in [0.05, 0.1) is 23.4 Å². The number of fused-ring (bicyclic) bond motifs is 1. The van der Waals surface area contributed by atoms with Gasteiger partial charge in [-0.3, -0.25) is 9.59 Å². The first-order valence-electron chi connectivity index (χ1n) is 8.84. The summed E-state index contributed by atoms with van der Waals surface area (Å²) < 4.78 is 93.9. The highest BCUT2D eigenvalue weighted by Crippen LogP contribution is 2.36. The van der Waals surface area contributed by atoms with Crippen LogP contribution in [0.25, 0.3) is 16.8 Å². The molecule has 0 spiro atoms. The summed E-state index contributed by atoms with van der Waals surface area (Å²) in [7, 11) is 0. The molecule has 0 bridgehead atoms. The summed E-state index contributed by atoms with van der Waals surface area (Å²) in [5.41, 5.74) is -5.05. The molecule has 2 aromatic heterocycles. The van der Waals surface area contributed by atoms with Gasteiger partial charge in [0, 0.05) is 18.0 Å². The lowest BCUT2D eigenvalue weighted by molar-refractivity contribution is -0.161. The normalized spacial score (nSPS) is 13.4. The SMILES string of the molecule is Cc1ccc(-c2cn3cc(C(=O)NC(CO)C(F)(F)F)c(C(F)(F)F)c3c(=O)[nH]2)cc1F. The molecule has 13 heteroatoms. The summed E-state index contributed by atoms with van der Waals surface area (Å²) in [5.74, 6) is -2.44. The average Bonchev–Trinajstić information content (AvgIpc) is 3.07. The zero-order valence-electron chi connectivity index (χ0n) is 16.0. The molecule has 1 aromatic carbocycles. The molecule has 0 radical (unpaired) electrons. The number of amides is 1. The maximum Gasteiger partial charge on any atom is 0.419 e. The van der Waals surface area contributed by atoms with Crippen molar-refractivity contribution in [3.63, 3.8) is 0 Å². The Morgan fingerprint density at radius 1 is 1.19 bits per heavy atom. The van der Waals surface area contributed by atoms with Crippen molar-refractivity contribution in [1.29, 1.82) is 0 Å². The number of H-pyrrole nitrogens is 1. The fourth-order valence-corrected chi connectivity index (χ4v) is 3.04. The van der Waals surface area contributed by atoms with Gasteiger partial charge in [-0.2, -0.15) is 26.3 Å². The lowest BCUT2D eigenvalue weighted by atomic mass is 10.1. The molecule has 0 aliphatic heterocycles. The smallest absolute Gasteiger partial charge is 0.394 e. The molecule has 2 heterocycles. The third-order valence-electron chi connectivity index (χ3n) is 4.66. The topological polar surface area (TPSA) is 86.6 Å².